The standard InChI is InChI=1S/C13H14BrNS/c14-11-8-12(16-9-11)6-7-13(15)10-4-2-1-3-5-10/h1-5,8-9,13H,6-7,15H2. The zero-order valence-corrected chi connectivity index (χ0v) is 11.3. The maximum Gasteiger partial charge on any atom is 0.0298 e. The summed E-state index contributed by atoms with van der Waals surface area (Å²) in [7, 11) is 0. The molecule has 0 spiro atoms. The van der Waals surface area contributed by atoms with Crippen LogP contribution in [0.1, 0.15) is 22.9 Å². The molecule has 3 heteroatoms. The molecule has 0 aliphatic rings. The Hall–Kier alpha value is -0.640. The van der Waals surface area contributed by atoms with Crippen LogP contribution in [0.25, 0.3) is 0 Å². The van der Waals surface area contributed by atoms with E-state index in [9.17, 15) is 0 Å². The van der Waals surface area contributed by atoms with Crippen molar-refractivity contribution in [2.75, 3.05) is 0 Å². The zero-order chi connectivity index (χ0) is 11.4. The molecule has 0 aliphatic heterocycles. The van der Waals surface area contributed by atoms with Gasteiger partial charge in [-0.3, -0.25) is 0 Å². The average molecular weight is 296 g/mol. The molecule has 1 aromatic carbocycles. The summed E-state index contributed by atoms with van der Waals surface area (Å²) in [5.74, 6) is 0. The summed E-state index contributed by atoms with van der Waals surface area (Å²) >= 11 is 5.25. The van der Waals surface area contributed by atoms with Crippen molar-refractivity contribution in [2.24, 2.45) is 5.73 Å². The topological polar surface area (TPSA) is 26.0 Å². The third kappa shape index (κ3) is 3.17. The normalized spacial score (nSPS) is 12.6. The summed E-state index contributed by atoms with van der Waals surface area (Å²) in [5.41, 5.74) is 7.36. The fourth-order valence-electron chi connectivity index (χ4n) is 1.65. The van der Waals surface area contributed by atoms with Gasteiger partial charge in [0.2, 0.25) is 0 Å². The molecule has 0 bridgehead atoms. The molecule has 0 saturated carbocycles. The molecule has 0 amide bonds. The molecule has 16 heavy (non-hydrogen) atoms. The molecule has 0 radical (unpaired) electrons. The number of hydrogen-bond donors (Lipinski definition) is 1. The Morgan fingerprint density at radius 1 is 1.25 bits per heavy atom. The van der Waals surface area contributed by atoms with Gasteiger partial charge in [0.1, 0.15) is 0 Å². The number of benzene rings is 1. The lowest BCUT2D eigenvalue weighted by atomic mass is 10.0. The molecule has 84 valence electrons. The number of rotatable bonds is 4. The van der Waals surface area contributed by atoms with Crippen molar-refractivity contribution in [3.63, 3.8) is 0 Å². The Balaban J connectivity index is 1.91. The van der Waals surface area contributed by atoms with E-state index < -0.39 is 0 Å². The third-order valence-corrected chi connectivity index (χ3v) is 4.31. The molecular formula is C13H14BrNS. The quantitative estimate of drug-likeness (QED) is 0.901. The van der Waals surface area contributed by atoms with Gasteiger partial charge in [-0.25, -0.2) is 0 Å². The second-order valence-electron chi connectivity index (χ2n) is 3.79. The fraction of sp³-hybridized carbons (Fsp3) is 0.231. The number of aryl methyl sites for hydroxylation is 1. The van der Waals surface area contributed by atoms with Crippen LogP contribution in [0, 0.1) is 0 Å². The van der Waals surface area contributed by atoms with E-state index in [1.807, 2.05) is 18.2 Å². The zero-order valence-electron chi connectivity index (χ0n) is 8.90. The van der Waals surface area contributed by atoms with Crippen molar-refractivity contribution in [1.82, 2.24) is 0 Å². The second kappa shape index (κ2) is 5.62. The predicted octanol–water partition coefficient (Wildman–Crippen LogP) is 4.14. The molecule has 1 nitrogen and oxygen atoms in total. The van der Waals surface area contributed by atoms with Crippen LogP contribution in [0.15, 0.2) is 46.3 Å². The lowest BCUT2D eigenvalue weighted by Crippen LogP contribution is -2.10. The van der Waals surface area contributed by atoms with Gasteiger partial charge in [0, 0.05) is 20.8 Å². The Bertz CT molecular complexity index is 438. The van der Waals surface area contributed by atoms with Crippen molar-refractivity contribution in [3.05, 3.63) is 56.7 Å². The van der Waals surface area contributed by atoms with E-state index in [-0.39, 0.29) is 6.04 Å². The molecular weight excluding hydrogens is 282 g/mol. The summed E-state index contributed by atoms with van der Waals surface area (Å²) in [6.07, 6.45) is 2.04. The number of halogens is 1. The number of nitrogens with two attached hydrogens (primary N) is 1. The number of thiophene rings is 1. The molecule has 1 heterocycles. The largest absolute Gasteiger partial charge is 0.324 e. The van der Waals surface area contributed by atoms with Crippen LogP contribution in [0.4, 0.5) is 0 Å². The molecule has 2 aromatic rings. The Labute approximate surface area is 108 Å². The van der Waals surface area contributed by atoms with Gasteiger partial charge in [0.15, 0.2) is 0 Å². The maximum atomic E-state index is 6.14. The van der Waals surface area contributed by atoms with E-state index in [4.69, 9.17) is 5.73 Å². The monoisotopic (exact) mass is 295 g/mol. The summed E-state index contributed by atoms with van der Waals surface area (Å²) < 4.78 is 1.17. The van der Waals surface area contributed by atoms with Gasteiger partial charge in [0.05, 0.1) is 0 Å². The minimum Gasteiger partial charge on any atom is -0.324 e. The molecule has 2 rings (SSSR count). The van der Waals surface area contributed by atoms with Crippen molar-refractivity contribution >= 4 is 27.3 Å². The highest BCUT2D eigenvalue weighted by molar-refractivity contribution is 9.10. The number of hydrogen-bond acceptors (Lipinski definition) is 2. The first-order chi connectivity index (χ1) is 7.75. The molecule has 1 atom stereocenters. The van der Waals surface area contributed by atoms with E-state index in [1.165, 1.54) is 14.9 Å². The first-order valence-corrected chi connectivity index (χ1v) is 6.96. The first kappa shape index (κ1) is 11.8. The van der Waals surface area contributed by atoms with E-state index >= 15 is 0 Å². The van der Waals surface area contributed by atoms with Gasteiger partial charge >= 0.3 is 0 Å². The van der Waals surface area contributed by atoms with Gasteiger partial charge < -0.3 is 5.73 Å². The van der Waals surface area contributed by atoms with Gasteiger partial charge in [-0.05, 0) is 40.4 Å². The van der Waals surface area contributed by atoms with E-state index in [2.05, 4.69) is 39.5 Å². The molecule has 0 saturated heterocycles. The van der Waals surface area contributed by atoms with Crippen molar-refractivity contribution in [3.8, 4) is 0 Å². The second-order valence-corrected chi connectivity index (χ2v) is 5.70. The highest BCUT2D eigenvalue weighted by Crippen LogP contribution is 2.23. The third-order valence-electron chi connectivity index (χ3n) is 2.55. The predicted molar refractivity (Wildman–Crippen MR) is 73.7 cm³/mol. The highest BCUT2D eigenvalue weighted by atomic mass is 79.9. The van der Waals surface area contributed by atoms with Gasteiger partial charge in [-0.1, -0.05) is 30.3 Å². The molecule has 1 aromatic heterocycles. The van der Waals surface area contributed by atoms with Crippen LogP contribution in [-0.4, -0.2) is 0 Å². The summed E-state index contributed by atoms with van der Waals surface area (Å²) in [6.45, 7) is 0. The Kier molecular flexibility index (Phi) is 4.16. The molecule has 0 aliphatic carbocycles. The van der Waals surface area contributed by atoms with E-state index in [0.29, 0.717) is 0 Å². The SMILES string of the molecule is NC(CCc1cc(Br)cs1)c1ccccc1. The van der Waals surface area contributed by atoms with Crippen LogP contribution in [-0.2, 0) is 6.42 Å². The molecule has 0 fully saturated rings. The fourth-order valence-corrected chi connectivity index (χ4v) is 3.12. The van der Waals surface area contributed by atoms with Gasteiger partial charge in [0.25, 0.3) is 0 Å². The first-order valence-electron chi connectivity index (χ1n) is 5.29. The smallest absolute Gasteiger partial charge is 0.0298 e. The average Bonchev–Trinajstić information content (AvgIpc) is 2.73. The minimum atomic E-state index is 0.141. The summed E-state index contributed by atoms with van der Waals surface area (Å²) in [5, 5.41) is 2.11. The minimum absolute atomic E-state index is 0.141. The van der Waals surface area contributed by atoms with E-state index in [0.717, 1.165) is 12.8 Å². The summed E-state index contributed by atoms with van der Waals surface area (Å²) in [6, 6.07) is 12.6. The van der Waals surface area contributed by atoms with Crippen LogP contribution >= 0.6 is 27.3 Å². The van der Waals surface area contributed by atoms with Crippen LogP contribution in [0.5, 0.6) is 0 Å². The van der Waals surface area contributed by atoms with Crippen molar-refractivity contribution in [2.45, 2.75) is 18.9 Å². The molecule has 1 unspecified atom stereocenters. The van der Waals surface area contributed by atoms with Crippen molar-refractivity contribution in [1.29, 1.82) is 0 Å². The lowest BCUT2D eigenvalue weighted by molar-refractivity contribution is 0.655. The maximum absolute atomic E-state index is 6.14. The van der Waals surface area contributed by atoms with Crippen LogP contribution < -0.4 is 5.73 Å². The lowest BCUT2D eigenvalue weighted by Gasteiger charge is -2.10. The summed E-state index contributed by atoms with van der Waals surface area (Å²) in [4.78, 5) is 1.39. The Morgan fingerprint density at radius 3 is 2.62 bits per heavy atom. The van der Waals surface area contributed by atoms with Gasteiger partial charge in [-0.15, -0.1) is 11.3 Å². The molecule has 2 N–H and O–H groups in total. The van der Waals surface area contributed by atoms with E-state index in [1.54, 1.807) is 11.3 Å². The van der Waals surface area contributed by atoms with Gasteiger partial charge in [-0.2, -0.15) is 0 Å². The van der Waals surface area contributed by atoms with Crippen molar-refractivity contribution < 1.29 is 0 Å². The van der Waals surface area contributed by atoms with Crippen LogP contribution in [0.2, 0.25) is 0 Å². The Morgan fingerprint density at radius 2 is 2.00 bits per heavy atom. The van der Waals surface area contributed by atoms with Crippen LogP contribution in [0.3, 0.4) is 0 Å². The highest BCUT2D eigenvalue weighted by Gasteiger charge is 2.06.